The number of carbonyl (C=O) groups excluding carboxylic acids is 1. The molecule has 0 unspecified atom stereocenters. The smallest absolute Gasteiger partial charge is 0.268 e. The van der Waals surface area contributed by atoms with Gasteiger partial charge in [-0.3, -0.25) is 4.79 Å². The van der Waals surface area contributed by atoms with Gasteiger partial charge in [0.05, 0.1) is 0 Å². The SMILES string of the molecule is Cc1c(CNC(=O)c2cc(SN3CCC(N)=C(C=N)C3)c(C)n2C)ccnc1N. The minimum absolute atomic E-state index is 0.139. The molecule has 0 atom stereocenters. The van der Waals surface area contributed by atoms with Gasteiger partial charge >= 0.3 is 0 Å². The number of nitrogens with two attached hydrogens (primary N) is 2. The van der Waals surface area contributed by atoms with Crippen molar-refractivity contribution in [3.05, 3.63) is 52.1 Å². The fraction of sp³-hybridized carbons (Fsp3) is 0.350. The van der Waals surface area contributed by atoms with E-state index in [-0.39, 0.29) is 5.91 Å². The average molecular weight is 414 g/mol. The van der Waals surface area contributed by atoms with E-state index >= 15 is 0 Å². The zero-order valence-corrected chi connectivity index (χ0v) is 17.8. The summed E-state index contributed by atoms with van der Waals surface area (Å²) in [7, 11) is 1.89. The van der Waals surface area contributed by atoms with E-state index in [1.807, 2.05) is 37.6 Å². The van der Waals surface area contributed by atoms with Crippen LogP contribution in [0.15, 0.2) is 34.5 Å². The molecule has 0 aromatic carbocycles. The number of anilines is 1. The molecule has 0 radical (unpaired) electrons. The molecule has 3 rings (SSSR count). The van der Waals surface area contributed by atoms with Gasteiger partial charge in [0.15, 0.2) is 0 Å². The van der Waals surface area contributed by atoms with Crippen LogP contribution < -0.4 is 16.8 Å². The number of amides is 1. The average Bonchev–Trinajstić information content (AvgIpc) is 2.98. The first kappa shape index (κ1) is 20.9. The molecule has 29 heavy (non-hydrogen) atoms. The predicted octanol–water partition coefficient (Wildman–Crippen LogP) is 2.12. The van der Waals surface area contributed by atoms with Crippen LogP contribution >= 0.6 is 11.9 Å². The lowest BCUT2D eigenvalue weighted by molar-refractivity contribution is 0.0942. The third kappa shape index (κ3) is 4.46. The van der Waals surface area contributed by atoms with Crippen molar-refractivity contribution in [2.45, 2.75) is 31.7 Å². The molecule has 9 heteroatoms. The van der Waals surface area contributed by atoms with Crippen molar-refractivity contribution in [1.82, 2.24) is 19.2 Å². The van der Waals surface area contributed by atoms with Crippen LogP contribution in [0.3, 0.4) is 0 Å². The second-order valence-corrected chi connectivity index (χ2v) is 8.24. The van der Waals surface area contributed by atoms with Crippen molar-refractivity contribution in [2.24, 2.45) is 12.8 Å². The minimum atomic E-state index is -0.139. The zero-order chi connectivity index (χ0) is 21.1. The van der Waals surface area contributed by atoms with Crippen molar-refractivity contribution >= 4 is 29.9 Å². The highest BCUT2D eigenvalue weighted by Crippen LogP contribution is 2.31. The van der Waals surface area contributed by atoms with E-state index in [4.69, 9.17) is 16.9 Å². The molecule has 0 bridgehead atoms. The van der Waals surface area contributed by atoms with Gasteiger partial charge < -0.3 is 26.8 Å². The highest BCUT2D eigenvalue weighted by molar-refractivity contribution is 7.97. The van der Waals surface area contributed by atoms with E-state index in [0.29, 0.717) is 24.6 Å². The maximum atomic E-state index is 12.8. The van der Waals surface area contributed by atoms with Gasteiger partial charge in [0.25, 0.3) is 5.91 Å². The molecule has 0 spiro atoms. The standard InChI is InChI=1S/C20H27N7OS/c1-12-14(4-6-24-19(12)23)10-25-20(28)17-8-18(13(2)26(17)3)29-27-7-5-16(22)15(9-21)11-27/h4,6,8-9,21H,5,7,10-11,22H2,1-3H3,(H2,23,24)(H,25,28). The molecule has 0 saturated heterocycles. The summed E-state index contributed by atoms with van der Waals surface area (Å²) in [5.41, 5.74) is 16.9. The van der Waals surface area contributed by atoms with Crippen molar-refractivity contribution in [2.75, 3.05) is 18.8 Å². The van der Waals surface area contributed by atoms with Gasteiger partial charge in [-0.15, -0.1) is 0 Å². The first-order valence-corrected chi connectivity index (χ1v) is 10.1. The maximum Gasteiger partial charge on any atom is 0.268 e. The molecule has 0 fully saturated rings. The van der Waals surface area contributed by atoms with Crippen LogP contribution in [0, 0.1) is 19.3 Å². The Morgan fingerprint density at radius 2 is 2.17 bits per heavy atom. The van der Waals surface area contributed by atoms with E-state index in [1.165, 1.54) is 6.21 Å². The third-order valence-corrected chi connectivity index (χ3v) is 6.49. The monoisotopic (exact) mass is 413 g/mol. The van der Waals surface area contributed by atoms with Crippen LogP contribution in [-0.2, 0) is 13.6 Å². The van der Waals surface area contributed by atoms with Crippen molar-refractivity contribution in [3.8, 4) is 0 Å². The molecule has 3 heterocycles. The summed E-state index contributed by atoms with van der Waals surface area (Å²) in [4.78, 5) is 17.9. The summed E-state index contributed by atoms with van der Waals surface area (Å²) >= 11 is 1.60. The number of hydrogen-bond acceptors (Lipinski definition) is 7. The lowest BCUT2D eigenvalue weighted by Crippen LogP contribution is -2.29. The number of nitrogens with one attached hydrogen (secondary N) is 2. The third-order valence-electron chi connectivity index (χ3n) is 5.31. The van der Waals surface area contributed by atoms with Gasteiger partial charge in [-0.2, -0.15) is 0 Å². The number of rotatable bonds is 6. The predicted molar refractivity (Wildman–Crippen MR) is 117 cm³/mol. The molecule has 1 aliphatic heterocycles. The summed E-state index contributed by atoms with van der Waals surface area (Å²) in [6, 6.07) is 3.77. The van der Waals surface area contributed by atoms with Gasteiger partial charge in [-0.05, 0) is 49.1 Å². The normalized spacial score (nSPS) is 14.9. The lowest BCUT2D eigenvalue weighted by atomic mass is 10.1. The number of hydrogen-bond donors (Lipinski definition) is 4. The first-order valence-electron chi connectivity index (χ1n) is 9.37. The fourth-order valence-electron chi connectivity index (χ4n) is 3.16. The Morgan fingerprint density at radius 1 is 1.41 bits per heavy atom. The Kier molecular flexibility index (Phi) is 6.29. The number of pyridine rings is 1. The van der Waals surface area contributed by atoms with Gasteiger partial charge in [0, 0.05) is 67.4 Å². The van der Waals surface area contributed by atoms with Gasteiger partial charge in [-0.25, -0.2) is 9.29 Å². The molecular weight excluding hydrogens is 386 g/mol. The highest BCUT2D eigenvalue weighted by Gasteiger charge is 2.21. The summed E-state index contributed by atoms with van der Waals surface area (Å²) in [6.45, 7) is 5.72. The van der Waals surface area contributed by atoms with Gasteiger partial charge in [0.2, 0.25) is 0 Å². The number of carbonyl (C=O) groups is 1. The largest absolute Gasteiger partial charge is 0.402 e. The number of aromatic nitrogens is 2. The second-order valence-electron chi connectivity index (χ2n) is 7.10. The Bertz CT molecular complexity index is 979. The molecule has 1 amide bonds. The van der Waals surface area contributed by atoms with Gasteiger partial charge in [0.1, 0.15) is 11.5 Å². The Hall–Kier alpha value is -2.78. The Balaban J connectivity index is 1.70. The van der Waals surface area contributed by atoms with Crippen molar-refractivity contribution in [1.29, 1.82) is 5.41 Å². The fourth-order valence-corrected chi connectivity index (χ4v) is 4.26. The minimum Gasteiger partial charge on any atom is -0.402 e. The Labute approximate surface area is 175 Å². The van der Waals surface area contributed by atoms with Crippen LogP contribution in [0.5, 0.6) is 0 Å². The quantitative estimate of drug-likeness (QED) is 0.424. The molecule has 8 nitrogen and oxygen atoms in total. The van der Waals surface area contributed by atoms with Gasteiger partial charge in [-0.1, -0.05) is 0 Å². The van der Waals surface area contributed by atoms with Crippen LogP contribution in [0.4, 0.5) is 5.82 Å². The molecule has 1 aliphatic rings. The summed E-state index contributed by atoms with van der Waals surface area (Å²) in [6.07, 6.45) is 3.71. The topological polar surface area (TPSA) is 126 Å². The maximum absolute atomic E-state index is 12.8. The van der Waals surface area contributed by atoms with E-state index in [1.54, 1.807) is 18.1 Å². The summed E-state index contributed by atoms with van der Waals surface area (Å²) < 4.78 is 4.07. The first-order chi connectivity index (χ1) is 13.8. The second kappa shape index (κ2) is 8.71. The summed E-state index contributed by atoms with van der Waals surface area (Å²) in [5.74, 6) is 0.339. The molecule has 0 aliphatic carbocycles. The van der Waals surface area contributed by atoms with Crippen LogP contribution in [0.1, 0.15) is 33.7 Å². The zero-order valence-electron chi connectivity index (χ0n) is 17.0. The van der Waals surface area contributed by atoms with E-state index in [2.05, 4.69) is 14.6 Å². The molecule has 2 aromatic heterocycles. The molecule has 0 saturated carbocycles. The molecule has 154 valence electrons. The number of nitrogen functional groups attached to an aromatic ring is 1. The molecular formula is C20H27N7OS. The van der Waals surface area contributed by atoms with Crippen LogP contribution in [0.25, 0.3) is 0 Å². The Morgan fingerprint density at radius 3 is 2.90 bits per heavy atom. The van der Waals surface area contributed by atoms with Crippen molar-refractivity contribution < 1.29 is 4.79 Å². The van der Waals surface area contributed by atoms with Crippen LogP contribution in [-0.4, -0.2) is 39.1 Å². The van der Waals surface area contributed by atoms with E-state index < -0.39 is 0 Å². The van der Waals surface area contributed by atoms with Crippen molar-refractivity contribution in [3.63, 3.8) is 0 Å². The van der Waals surface area contributed by atoms with E-state index in [0.717, 1.165) is 46.0 Å². The number of nitrogens with zero attached hydrogens (tertiary/aromatic N) is 3. The molecule has 2 aromatic rings. The van der Waals surface area contributed by atoms with Crippen LogP contribution in [0.2, 0.25) is 0 Å². The van der Waals surface area contributed by atoms with E-state index in [9.17, 15) is 4.79 Å². The summed E-state index contributed by atoms with van der Waals surface area (Å²) in [5, 5.41) is 10.5. The highest BCUT2D eigenvalue weighted by atomic mass is 32.2. The molecule has 6 N–H and O–H groups in total. The lowest BCUT2D eigenvalue weighted by Gasteiger charge is -2.26.